The molecular weight excluding hydrogens is 476 g/mol. The molecular formula is C31H34N4O3. The third-order valence-corrected chi connectivity index (χ3v) is 7.77. The highest BCUT2D eigenvalue weighted by atomic mass is 16.5. The maximum absolute atomic E-state index is 13.6. The van der Waals surface area contributed by atoms with Crippen molar-refractivity contribution in [2.45, 2.75) is 57.2 Å². The fraction of sp³-hybridized carbons (Fsp3) is 0.323. The van der Waals surface area contributed by atoms with E-state index in [0.717, 1.165) is 35.3 Å². The number of benzene rings is 3. The molecule has 38 heavy (non-hydrogen) atoms. The van der Waals surface area contributed by atoms with Gasteiger partial charge in [-0.1, -0.05) is 74.5 Å². The van der Waals surface area contributed by atoms with E-state index in [0.29, 0.717) is 25.0 Å². The lowest BCUT2D eigenvalue weighted by Crippen LogP contribution is -2.52. The molecule has 0 aliphatic carbocycles. The molecule has 7 heteroatoms. The van der Waals surface area contributed by atoms with Crippen molar-refractivity contribution in [2.24, 2.45) is 10.7 Å². The molecule has 0 saturated heterocycles. The molecule has 2 aliphatic rings. The number of nitrogens with two attached hydrogens (primary N) is 1. The van der Waals surface area contributed by atoms with Crippen molar-refractivity contribution in [3.8, 4) is 5.75 Å². The number of guanidine groups is 1. The number of aliphatic imine (C=N–C) groups is 1. The Kier molecular flexibility index (Phi) is 7.18. The lowest BCUT2D eigenvalue weighted by molar-refractivity contribution is -0.131. The molecule has 5 rings (SSSR count). The Morgan fingerprint density at radius 1 is 1.05 bits per heavy atom. The predicted octanol–water partition coefficient (Wildman–Crippen LogP) is 5.14. The minimum absolute atomic E-state index is 0.0660. The number of hydrogen-bond acceptors (Lipinski definition) is 5. The maximum atomic E-state index is 13.6. The van der Waals surface area contributed by atoms with Crippen LogP contribution in [0.25, 0.3) is 0 Å². The van der Waals surface area contributed by atoms with E-state index in [1.165, 1.54) is 0 Å². The first-order valence-electron chi connectivity index (χ1n) is 13.3. The van der Waals surface area contributed by atoms with Crippen LogP contribution in [-0.2, 0) is 4.79 Å². The van der Waals surface area contributed by atoms with E-state index in [4.69, 9.17) is 15.5 Å². The van der Waals surface area contributed by atoms with E-state index >= 15 is 0 Å². The topological polar surface area (TPSA) is 97.0 Å². The molecule has 2 heterocycles. The van der Waals surface area contributed by atoms with E-state index in [9.17, 15) is 9.59 Å². The highest BCUT2D eigenvalue weighted by Gasteiger charge is 2.41. The second kappa shape index (κ2) is 10.7. The van der Waals surface area contributed by atoms with Crippen molar-refractivity contribution < 1.29 is 14.3 Å². The number of nitrogens with one attached hydrogen (secondary N) is 1. The van der Waals surface area contributed by atoms with Crippen LogP contribution in [0.2, 0.25) is 0 Å². The second-order valence-corrected chi connectivity index (χ2v) is 9.98. The smallest absolute Gasteiger partial charge is 0.251 e. The first-order valence-corrected chi connectivity index (χ1v) is 13.3. The number of rotatable bonds is 7. The third kappa shape index (κ3) is 4.88. The monoisotopic (exact) mass is 510 g/mol. The second-order valence-electron chi connectivity index (χ2n) is 9.98. The molecule has 0 radical (unpaired) electrons. The van der Waals surface area contributed by atoms with Gasteiger partial charge in [-0.25, -0.2) is 4.99 Å². The maximum Gasteiger partial charge on any atom is 0.251 e. The van der Waals surface area contributed by atoms with Gasteiger partial charge in [-0.3, -0.25) is 14.5 Å². The van der Waals surface area contributed by atoms with E-state index in [-0.39, 0.29) is 23.8 Å². The van der Waals surface area contributed by atoms with Crippen molar-refractivity contribution in [1.82, 2.24) is 10.2 Å². The van der Waals surface area contributed by atoms with Crippen LogP contribution in [0.1, 0.15) is 78.7 Å². The molecule has 0 aromatic heterocycles. The highest BCUT2D eigenvalue weighted by Crippen LogP contribution is 2.37. The Morgan fingerprint density at radius 3 is 2.50 bits per heavy atom. The zero-order valence-corrected chi connectivity index (χ0v) is 21.9. The summed E-state index contributed by atoms with van der Waals surface area (Å²) in [5.74, 6) is 0.773. The van der Waals surface area contributed by atoms with Crippen LogP contribution in [-0.4, -0.2) is 34.8 Å². The summed E-state index contributed by atoms with van der Waals surface area (Å²) in [5.41, 5.74) is 9.22. The van der Waals surface area contributed by atoms with Crippen molar-refractivity contribution in [3.05, 3.63) is 101 Å². The van der Waals surface area contributed by atoms with E-state index < -0.39 is 11.6 Å². The summed E-state index contributed by atoms with van der Waals surface area (Å²) in [5, 5.41) is 3.17. The SMILES string of the molecule is CCC1(CC)CC(=O)N(C(c2ccccc2)c2cccc(C(=O)NC3CCOc4ccccc43)c2)C(N)=N1. The third-order valence-electron chi connectivity index (χ3n) is 7.77. The van der Waals surface area contributed by atoms with Gasteiger partial charge in [0.15, 0.2) is 5.96 Å². The minimum atomic E-state index is -0.504. The highest BCUT2D eigenvalue weighted by molar-refractivity contribution is 6.00. The van der Waals surface area contributed by atoms with Crippen molar-refractivity contribution >= 4 is 17.8 Å². The molecule has 3 aromatic rings. The van der Waals surface area contributed by atoms with Gasteiger partial charge in [-0.15, -0.1) is 0 Å². The van der Waals surface area contributed by atoms with Crippen LogP contribution in [0.5, 0.6) is 5.75 Å². The Bertz CT molecular complexity index is 1350. The van der Waals surface area contributed by atoms with Crippen LogP contribution >= 0.6 is 0 Å². The standard InChI is InChI=1S/C31H34N4O3/c1-3-31(4-2)20-27(36)35(30(32)34-31)28(21-11-6-5-7-12-21)22-13-10-14-23(19-22)29(37)33-25-17-18-38-26-16-9-8-15-24(25)26/h5-16,19,25,28H,3-4,17-18,20H2,1-2H3,(H2,32,34)(H,33,37). The molecule has 0 saturated carbocycles. The van der Waals surface area contributed by atoms with Crippen LogP contribution in [0, 0.1) is 0 Å². The zero-order chi connectivity index (χ0) is 26.7. The van der Waals surface area contributed by atoms with Crippen LogP contribution < -0.4 is 15.8 Å². The quantitative estimate of drug-likeness (QED) is 0.460. The lowest BCUT2D eigenvalue weighted by Gasteiger charge is -2.40. The molecule has 3 aromatic carbocycles. The molecule has 0 bridgehead atoms. The average Bonchev–Trinajstić information content (AvgIpc) is 2.95. The van der Waals surface area contributed by atoms with Crippen LogP contribution in [0.15, 0.2) is 83.9 Å². The van der Waals surface area contributed by atoms with Crippen molar-refractivity contribution in [3.63, 3.8) is 0 Å². The lowest BCUT2D eigenvalue weighted by atomic mass is 9.86. The van der Waals surface area contributed by atoms with Crippen LogP contribution in [0.4, 0.5) is 0 Å². The van der Waals surface area contributed by atoms with Gasteiger partial charge < -0.3 is 15.8 Å². The number of carbonyl (C=O) groups excluding carboxylic acids is 2. The predicted molar refractivity (Wildman–Crippen MR) is 148 cm³/mol. The molecule has 0 fully saturated rings. The molecule has 2 amide bonds. The number of carbonyl (C=O) groups is 2. The summed E-state index contributed by atoms with van der Waals surface area (Å²) in [7, 11) is 0. The Balaban J connectivity index is 1.49. The molecule has 2 atom stereocenters. The average molecular weight is 511 g/mol. The van der Waals surface area contributed by atoms with Gasteiger partial charge in [0.2, 0.25) is 5.91 Å². The minimum Gasteiger partial charge on any atom is -0.493 e. The van der Waals surface area contributed by atoms with Gasteiger partial charge >= 0.3 is 0 Å². The number of para-hydroxylation sites is 1. The summed E-state index contributed by atoms with van der Waals surface area (Å²) in [6, 6.07) is 24.3. The largest absolute Gasteiger partial charge is 0.493 e. The molecule has 3 N–H and O–H groups in total. The van der Waals surface area contributed by atoms with Crippen LogP contribution in [0.3, 0.4) is 0 Å². The fourth-order valence-electron chi connectivity index (χ4n) is 5.47. The number of nitrogens with zero attached hydrogens (tertiary/aromatic N) is 2. The molecule has 2 aliphatic heterocycles. The number of ether oxygens (including phenoxy) is 1. The van der Waals surface area contributed by atoms with Crippen molar-refractivity contribution in [2.75, 3.05) is 6.61 Å². The van der Waals surface area contributed by atoms with Gasteiger partial charge in [-0.2, -0.15) is 0 Å². The summed E-state index contributed by atoms with van der Waals surface area (Å²) in [4.78, 5) is 33.4. The van der Waals surface area contributed by atoms with Gasteiger partial charge in [0.25, 0.3) is 5.91 Å². The summed E-state index contributed by atoms with van der Waals surface area (Å²) in [6.45, 7) is 4.62. The normalized spacial score (nSPS) is 19.1. The Morgan fingerprint density at radius 2 is 1.76 bits per heavy atom. The molecule has 7 nitrogen and oxygen atoms in total. The number of hydrogen-bond donors (Lipinski definition) is 2. The molecule has 2 unspecified atom stereocenters. The first kappa shape index (κ1) is 25.5. The zero-order valence-electron chi connectivity index (χ0n) is 21.9. The summed E-state index contributed by atoms with van der Waals surface area (Å²) in [6.07, 6.45) is 2.48. The molecule has 196 valence electrons. The first-order chi connectivity index (χ1) is 18.4. The number of fused-ring (bicyclic) bond motifs is 1. The van der Waals surface area contributed by atoms with Gasteiger partial charge in [-0.05, 0) is 42.2 Å². The Labute approximate surface area is 223 Å². The Hall–Kier alpha value is -4.13. The fourth-order valence-corrected chi connectivity index (χ4v) is 5.47. The number of amides is 2. The summed E-state index contributed by atoms with van der Waals surface area (Å²) < 4.78 is 5.75. The summed E-state index contributed by atoms with van der Waals surface area (Å²) >= 11 is 0. The van der Waals surface area contributed by atoms with E-state index in [1.54, 1.807) is 11.0 Å². The molecule has 0 spiro atoms. The van der Waals surface area contributed by atoms with Gasteiger partial charge in [0.05, 0.1) is 30.7 Å². The van der Waals surface area contributed by atoms with Crippen molar-refractivity contribution in [1.29, 1.82) is 0 Å². The van der Waals surface area contributed by atoms with E-state index in [1.807, 2.05) is 86.6 Å². The van der Waals surface area contributed by atoms with E-state index in [2.05, 4.69) is 5.32 Å². The van der Waals surface area contributed by atoms with Gasteiger partial charge in [0, 0.05) is 17.5 Å². The van der Waals surface area contributed by atoms with Gasteiger partial charge in [0.1, 0.15) is 5.75 Å².